The molecule has 1 aromatic rings. The maximum Gasteiger partial charge on any atom is 0.253 e. The number of guanidine groups is 1. The number of hydrogen-bond acceptors (Lipinski definition) is 2. The topological polar surface area (TPSA) is 56.7 Å². The van der Waals surface area contributed by atoms with Crippen molar-refractivity contribution >= 4 is 35.8 Å². The summed E-state index contributed by atoms with van der Waals surface area (Å²) in [6.07, 6.45) is 6.55. The first kappa shape index (κ1) is 24.7. The van der Waals surface area contributed by atoms with Crippen LogP contribution in [0.5, 0.6) is 0 Å². The van der Waals surface area contributed by atoms with E-state index >= 15 is 0 Å². The normalized spacial score (nSPS) is 15.6. The molecule has 1 amide bonds. The molecule has 0 spiro atoms. The molecule has 0 aromatic heterocycles. The van der Waals surface area contributed by atoms with E-state index in [4.69, 9.17) is 0 Å². The third kappa shape index (κ3) is 6.64. The summed E-state index contributed by atoms with van der Waals surface area (Å²) in [6, 6.07) is 7.86. The SMILES string of the molecule is CCN(CC)C(=O)c1ccc(CNC(=NC)NCC2(CC)CCCC2)cc1.I. The smallest absolute Gasteiger partial charge is 0.253 e. The molecular weight excluding hydrogens is 463 g/mol. The molecule has 6 heteroatoms. The molecule has 1 saturated carbocycles. The molecule has 1 aliphatic rings. The Hall–Kier alpha value is -1.31. The van der Waals surface area contributed by atoms with Crippen LogP contribution in [0, 0.1) is 5.41 Å². The van der Waals surface area contributed by atoms with Crippen molar-refractivity contribution in [3.63, 3.8) is 0 Å². The fraction of sp³-hybridized carbons (Fsp3) is 0.636. The molecule has 158 valence electrons. The second-order valence-electron chi connectivity index (χ2n) is 7.51. The molecule has 1 aromatic carbocycles. The summed E-state index contributed by atoms with van der Waals surface area (Å²) in [4.78, 5) is 18.6. The average molecular weight is 500 g/mol. The van der Waals surface area contributed by atoms with Gasteiger partial charge in [0.1, 0.15) is 0 Å². The molecule has 0 unspecified atom stereocenters. The van der Waals surface area contributed by atoms with E-state index in [1.807, 2.05) is 50.1 Å². The highest BCUT2D eigenvalue weighted by Crippen LogP contribution is 2.40. The van der Waals surface area contributed by atoms with Crippen molar-refractivity contribution < 1.29 is 4.79 Å². The number of hydrogen-bond donors (Lipinski definition) is 2. The zero-order valence-corrected chi connectivity index (χ0v) is 20.2. The Morgan fingerprint density at radius 2 is 1.68 bits per heavy atom. The number of carbonyl (C=O) groups excluding carboxylic acids is 1. The number of nitrogens with zero attached hydrogens (tertiary/aromatic N) is 2. The molecule has 0 bridgehead atoms. The summed E-state index contributed by atoms with van der Waals surface area (Å²) < 4.78 is 0. The lowest BCUT2D eigenvalue weighted by Gasteiger charge is -2.28. The largest absolute Gasteiger partial charge is 0.356 e. The van der Waals surface area contributed by atoms with Crippen molar-refractivity contribution in [1.82, 2.24) is 15.5 Å². The second-order valence-corrected chi connectivity index (χ2v) is 7.51. The van der Waals surface area contributed by atoms with E-state index in [-0.39, 0.29) is 29.9 Å². The van der Waals surface area contributed by atoms with E-state index < -0.39 is 0 Å². The Kier molecular flexibility index (Phi) is 10.9. The van der Waals surface area contributed by atoms with Crippen molar-refractivity contribution in [2.45, 2.75) is 59.4 Å². The predicted molar refractivity (Wildman–Crippen MR) is 129 cm³/mol. The summed E-state index contributed by atoms with van der Waals surface area (Å²) >= 11 is 0. The fourth-order valence-electron chi connectivity index (χ4n) is 3.92. The van der Waals surface area contributed by atoms with Gasteiger partial charge in [0.05, 0.1) is 0 Å². The molecule has 0 saturated heterocycles. The van der Waals surface area contributed by atoms with E-state index in [2.05, 4.69) is 22.5 Å². The molecule has 2 N–H and O–H groups in total. The Morgan fingerprint density at radius 1 is 1.07 bits per heavy atom. The number of aliphatic imine (C=N–C) groups is 1. The summed E-state index contributed by atoms with van der Waals surface area (Å²) in [5.74, 6) is 0.941. The van der Waals surface area contributed by atoms with Gasteiger partial charge in [-0.15, -0.1) is 24.0 Å². The van der Waals surface area contributed by atoms with Gasteiger partial charge in [0.15, 0.2) is 5.96 Å². The van der Waals surface area contributed by atoms with Crippen LogP contribution >= 0.6 is 24.0 Å². The molecule has 28 heavy (non-hydrogen) atoms. The minimum atomic E-state index is 0. The van der Waals surface area contributed by atoms with Crippen LogP contribution in [0.2, 0.25) is 0 Å². The Balaban J connectivity index is 0.00000392. The lowest BCUT2D eigenvalue weighted by molar-refractivity contribution is 0.0773. The van der Waals surface area contributed by atoms with Crippen molar-refractivity contribution in [3.8, 4) is 0 Å². The fourth-order valence-corrected chi connectivity index (χ4v) is 3.92. The molecule has 2 rings (SSSR count). The third-order valence-corrected chi connectivity index (χ3v) is 5.98. The summed E-state index contributed by atoms with van der Waals surface area (Å²) in [5.41, 5.74) is 2.32. The maximum absolute atomic E-state index is 12.4. The van der Waals surface area contributed by atoms with Gasteiger partial charge in [-0.3, -0.25) is 9.79 Å². The van der Waals surface area contributed by atoms with Gasteiger partial charge < -0.3 is 15.5 Å². The van der Waals surface area contributed by atoms with Crippen LogP contribution in [0.1, 0.15) is 68.8 Å². The third-order valence-electron chi connectivity index (χ3n) is 5.98. The van der Waals surface area contributed by atoms with E-state index in [0.29, 0.717) is 12.0 Å². The number of benzene rings is 1. The van der Waals surface area contributed by atoms with Crippen LogP contribution in [0.3, 0.4) is 0 Å². The summed E-state index contributed by atoms with van der Waals surface area (Å²) in [7, 11) is 1.81. The van der Waals surface area contributed by atoms with Gasteiger partial charge in [-0.2, -0.15) is 0 Å². The molecule has 0 atom stereocenters. The minimum Gasteiger partial charge on any atom is -0.356 e. The first-order valence-corrected chi connectivity index (χ1v) is 10.4. The predicted octanol–water partition coefficient (Wildman–Crippen LogP) is 4.42. The van der Waals surface area contributed by atoms with Crippen molar-refractivity contribution in [1.29, 1.82) is 0 Å². The lowest BCUT2D eigenvalue weighted by atomic mass is 9.83. The highest BCUT2D eigenvalue weighted by Gasteiger charge is 2.31. The van der Waals surface area contributed by atoms with E-state index in [9.17, 15) is 4.79 Å². The van der Waals surface area contributed by atoms with Crippen molar-refractivity contribution in [3.05, 3.63) is 35.4 Å². The number of halogens is 1. The number of nitrogens with one attached hydrogen (secondary N) is 2. The molecule has 0 heterocycles. The van der Waals surface area contributed by atoms with Gasteiger partial charge in [-0.05, 0) is 56.2 Å². The Bertz CT molecular complexity index is 620. The van der Waals surface area contributed by atoms with Crippen LogP contribution in [-0.2, 0) is 6.54 Å². The monoisotopic (exact) mass is 500 g/mol. The van der Waals surface area contributed by atoms with Gasteiger partial charge >= 0.3 is 0 Å². The van der Waals surface area contributed by atoms with Crippen LogP contribution < -0.4 is 10.6 Å². The Labute approximate surface area is 187 Å². The van der Waals surface area contributed by atoms with Gasteiger partial charge in [0, 0.05) is 38.8 Å². The zero-order chi connectivity index (χ0) is 19.7. The second kappa shape index (κ2) is 12.3. The van der Waals surface area contributed by atoms with E-state index in [0.717, 1.165) is 36.7 Å². The molecular formula is C22H37IN4O. The van der Waals surface area contributed by atoms with Crippen molar-refractivity contribution in [2.24, 2.45) is 10.4 Å². The quantitative estimate of drug-likeness (QED) is 0.316. The van der Waals surface area contributed by atoms with Crippen LogP contribution in [0.15, 0.2) is 29.3 Å². The van der Waals surface area contributed by atoms with E-state index in [1.54, 1.807) is 0 Å². The molecule has 5 nitrogen and oxygen atoms in total. The summed E-state index contributed by atoms with van der Waals surface area (Å²) in [5, 5.41) is 6.90. The minimum absolute atomic E-state index is 0. The molecule has 0 radical (unpaired) electrons. The Morgan fingerprint density at radius 3 is 2.18 bits per heavy atom. The molecule has 0 aliphatic heterocycles. The number of rotatable bonds is 8. The maximum atomic E-state index is 12.4. The van der Waals surface area contributed by atoms with Gasteiger partial charge in [0.2, 0.25) is 0 Å². The van der Waals surface area contributed by atoms with E-state index in [1.165, 1.54) is 32.1 Å². The van der Waals surface area contributed by atoms with Crippen LogP contribution in [-0.4, -0.2) is 43.4 Å². The first-order valence-electron chi connectivity index (χ1n) is 10.4. The van der Waals surface area contributed by atoms with Crippen molar-refractivity contribution in [2.75, 3.05) is 26.7 Å². The number of amides is 1. The van der Waals surface area contributed by atoms with Gasteiger partial charge in [-0.1, -0.05) is 31.9 Å². The van der Waals surface area contributed by atoms with Gasteiger partial charge in [0.25, 0.3) is 5.91 Å². The highest BCUT2D eigenvalue weighted by molar-refractivity contribution is 14.0. The summed E-state index contributed by atoms with van der Waals surface area (Å²) in [6.45, 7) is 9.46. The standard InChI is InChI=1S/C22H36N4O.HI/c1-5-22(14-8-9-15-22)17-25-21(23-4)24-16-18-10-12-19(13-11-18)20(27)26(6-2)7-3;/h10-13H,5-9,14-17H2,1-4H3,(H2,23,24,25);1H. The van der Waals surface area contributed by atoms with Crippen LogP contribution in [0.25, 0.3) is 0 Å². The first-order chi connectivity index (χ1) is 13.1. The van der Waals surface area contributed by atoms with Crippen LogP contribution in [0.4, 0.5) is 0 Å². The number of carbonyl (C=O) groups is 1. The van der Waals surface area contributed by atoms with Gasteiger partial charge in [-0.25, -0.2) is 0 Å². The average Bonchev–Trinajstić information content (AvgIpc) is 3.19. The highest BCUT2D eigenvalue weighted by atomic mass is 127. The molecule has 1 aliphatic carbocycles. The zero-order valence-electron chi connectivity index (χ0n) is 17.9. The molecule has 1 fully saturated rings. The lowest BCUT2D eigenvalue weighted by Crippen LogP contribution is -2.42.